The van der Waals surface area contributed by atoms with E-state index in [0.717, 1.165) is 17.1 Å². The number of carbonyl (C=O) groups is 1. The van der Waals surface area contributed by atoms with Crippen LogP contribution in [0.2, 0.25) is 0 Å². The van der Waals surface area contributed by atoms with Crippen LogP contribution in [0.4, 0.5) is 5.82 Å². The zero-order valence-corrected chi connectivity index (χ0v) is 18.3. The Kier molecular flexibility index (Phi) is 5.06. The number of nitrogens with zero attached hydrogens (tertiary/aromatic N) is 6. The second kappa shape index (κ2) is 8.03. The van der Waals surface area contributed by atoms with Gasteiger partial charge in [0, 0.05) is 31.7 Å². The maximum absolute atomic E-state index is 12.6. The minimum absolute atomic E-state index is 0.104. The van der Waals surface area contributed by atoms with Crippen LogP contribution in [0.1, 0.15) is 10.6 Å². The number of benzene rings is 1. The molecule has 3 aromatic heterocycles. The highest BCUT2D eigenvalue weighted by atomic mass is 79.9. The first-order chi connectivity index (χ1) is 15.1. The smallest absolute Gasteiger partial charge is 0.289 e. The standard InChI is InChI=1S/C21H19BrN6O3/c1-30-15-4-2-3-14(13-15)20-24-23-18-7-8-19(25-28(18)20)26-9-11-27(12-10-26)21(29)16-5-6-17(22)31-16/h2-8,13H,9-12H2,1H3. The zero-order valence-electron chi connectivity index (χ0n) is 16.7. The number of furan rings is 1. The van der Waals surface area contributed by atoms with Crippen LogP contribution in [0.15, 0.2) is 57.6 Å². The molecule has 4 heterocycles. The van der Waals surface area contributed by atoms with Crippen molar-refractivity contribution >= 4 is 33.3 Å². The molecule has 0 spiro atoms. The number of methoxy groups -OCH3 is 1. The molecule has 0 unspecified atom stereocenters. The summed E-state index contributed by atoms with van der Waals surface area (Å²) >= 11 is 3.24. The molecule has 0 atom stereocenters. The Bertz CT molecular complexity index is 1240. The van der Waals surface area contributed by atoms with Gasteiger partial charge in [-0.3, -0.25) is 4.79 Å². The minimum atomic E-state index is -0.104. The highest BCUT2D eigenvalue weighted by Gasteiger charge is 2.25. The van der Waals surface area contributed by atoms with Gasteiger partial charge in [0.15, 0.2) is 21.9 Å². The molecule has 1 aliphatic rings. The molecular formula is C21H19BrN6O3. The predicted molar refractivity (Wildman–Crippen MR) is 117 cm³/mol. The number of aromatic nitrogens is 4. The number of hydrogen-bond acceptors (Lipinski definition) is 7. The number of halogens is 1. The van der Waals surface area contributed by atoms with Crippen molar-refractivity contribution in [1.82, 2.24) is 24.7 Å². The molecule has 1 saturated heterocycles. The number of rotatable bonds is 4. The van der Waals surface area contributed by atoms with E-state index in [-0.39, 0.29) is 5.91 Å². The molecule has 1 fully saturated rings. The Balaban J connectivity index is 1.36. The summed E-state index contributed by atoms with van der Waals surface area (Å²) < 4.78 is 13.0. The van der Waals surface area contributed by atoms with Crippen LogP contribution in [-0.4, -0.2) is 63.9 Å². The van der Waals surface area contributed by atoms with Gasteiger partial charge >= 0.3 is 0 Å². The van der Waals surface area contributed by atoms with E-state index in [2.05, 4.69) is 31.0 Å². The molecule has 10 heteroatoms. The first-order valence-electron chi connectivity index (χ1n) is 9.79. The Hall–Kier alpha value is -3.40. The average molecular weight is 483 g/mol. The van der Waals surface area contributed by atoms with Crippen LogP contribution >= 0.6 is 15.9 Å². The van der Waals surface area contributed by atoms with E-state index in [0.29, 0.717) is 48.1 Å². The topological polar surface area (TPSA) is 89.0 Å². The van der Waals surface area contributed by atoms with Crippen LogP contribution in [-0.2, 0) is 0 Å². The summed E-state index contributed by atoms with van der Waals surface area (Å²) in [6.45, 7) is 2.51. The lowest BCUT2D eigenvalue weighted by Crippen LogP contribution is -2.49. The van der Waals surface area contributed by atoms with Gasteiger partial charge in [0.1, 0.15) is 11.6 Å². The lowest BCUT2D eigenvalue weighted by atomic mass is 10.2. The molecule has 9 nitrogen and oxygen atoms in total. The summed E-state index contributed by atoms with van der Waals surface area (Å²) in [4.78, 5) is 16.5. The van der Waals surface area contributed by atoms with E-state index in [4.69, 9.17) is 14.3 Å². The van der Waals surface area contributed by atoms with E-state index in [1.54, 1.807) is 28.7 Å². The Morgan fingerprint density at radius 1 is 1.06 bits per heavy atom. The zero-order chi connectivity index (χ0) is 21.4. The average Bonchev–Trinajstić information content (AvgIpc) is 3.44. The fourth-order valence-corrected chi connectivity index (χ4v) is 3.92. The fourth-order valence-electron chi connectivity index (χ4n) is 3.61. The van der Waals surface area contributed by atoms with Gasteiger partial charge in [-0.25, -0.2) is 0 Å². The Morgan fingerprint density at radius 3 is 2.65 bits per heavy atom. The van der Waals surface area contributed by atoms with E-state index in [9.17, 15) is 4.79 Å². The molecule has 0 N–H and O–H groups in total. The Morgan fingerprint density at radius 2 is 1.90 bits per heavy atom. The fraction of sp³-hybridized carbons (Fsp3) is 0.238. The van der Waals surface area contributed by atoms with Gasteiger partial charge in [-0.05, 0) is 52.3 Å². The van der Waals surface area contributed by atoms with Crippen molar-refractivity contribution < 1.29 is 13.9 Å². The number of fused-ring (bicyclic) bond motifs is 1. The van der Waals surface area contributed by atoms with Crippen molar-refractivity contribution in [2.45, 2.75) is 0 Å². The highest BCUT2D eigenvalue weighted by molar-refractivity contribution is 9.10. The number of hydrogen-bond donors (Lipinski definition) is 0. The van der Waals surface area contributed by atoms with Crippen LogP contribution in [0.5, 0.6) is 5.75 Å². The van der Waals surface area contributed by atoms with Gasteiger partial charge in [-0.2, -0.15) is 4.52 Å². The number of piperazine rings is 1. The van der Waals surface area contributed by atoms with Crippen LogP contribution in [0, 0.1) is 0 Å². The van der Waals surface area contributed by atoms with Gasteiger partial charge in [-0.15, -0.1) is 15.3 Å². The molecule has 1 amide bonds. The lowest BCUT2D eigenvalue weighted by Gasteiger charge is -2.34. The number of anilines is 1. The van der Waals surface area contributed by atoms with Crippen molar-refractivity contribution in [3.05, 3.63) is 59.0 Å². The molecule has 1 aliphatic heterocycles. The summed E-state index contributed by atoms with van der Waals surface area (Å²) in [5.74, 6) is 2.44. The molecule has 0 bridgehead atoms. The lowest BCUT2D eigenvalue weighted by molar-refractivity contribution is 0.0713. The van der Waals surface area contributed by atoms with Gasteiger partial charge < -0.3 is 19.0 Å². The first-order valence-corrected chi connectivity index (χ1v) is 10.6. The number of amides is 1. The monoisotopic (exact) mass is 482 g/mol. The van der Waals surface area contributed by atoms with Crippen molar-refractivity contribution in [3.63, 3.8) is 0 Å². The normalized spacial score (nSPS) is 14.3. The molecule has 0 aliphatic carbocycles. The number of ether oxygens (including phenoxy) is 1. The molecule has 5 rings (SSSR count). The first kappa shape index (κ1) is 19.6. The third-order valence-electron chi connectivity index (χ3n) is 5.25. The summed E-state index contributed by atoms with van der Waals surface area (Å²) in [5.41, 5.74) is 1.54. The van der Waals surface area contributed by atoms with Crippen LogP contribution in [0.25, 0.3) is 17.0 Å². The van der Waals surface area contributed by atoms with E-state index in [1.807, 2.05) is 36.4 Å². The maximum atomic E-state index is 12.6. The second-order valence-electron chi connectivity index (χ2n) is 7.10. The molecular weight excluding hydrogens is 464 g/mol. The Labute approximate surface area is 186 Å². The van der Waals surface area contributed by atoms with Crippen molar-refractivity contribution in [2.75, 3.05) is 38.2 Å². The van der Waals surface area contributed by atoms with E-state index >= 15 is 0 Å². The number of carbonyl (C=O) groups excluding carboxylic acids is 1. The highest BCUT2D eigenvalue weighted by Crippen LogP contribution is 2.24. The van der Waals surface area contributed by atoms with Gasteiger partial charge in [0.2, 0.25) is 0 Å². The molecule has 31 heavy (non-hydrogen) atoms. The molecule has 0 saturated carbocycles. The third kappa shape index (κ3) is 3.74. The molecule has 0 radical (unpaired) electrons. The summed E-state index contributed by atoms with van der Waals surface area (Å²) in [6, 6.07) is 14.9. The van der Waals surface area contributed by atoms with Crippen molar-refractivity contribution in [1.29, 1.82) is 0 Å². The largest absolute Gasteiger partial charge is 0.497 e. The van der Waals surface area contributed by atoms with Crippen molar-refractivity contribution in [3.8, 4) is 17.1 Å². The van der Waals surface area contributed by atoms with Crippen molar-refractivity contribution in [2.24, 2.45) is 0 Å². The molecule has 1 aromatic carbocycles. The SMILES string of the molecule is COc1cccc(-c2nnc3ccc(N4CCN(C(=O)c5ccc(Br)o5)CC4)nn23)c1. The van der Waals surface area contributed by atoms with Gasteiger partial charge in [0.25, 0.3) is 5.91 Å². The molecule has 158 valence electrons. The summed E-state index contributed by atoms with van der Waals surface area (Å²) in [6.07, 6.45) is 0. The maximum Gasteiger partial charge on any atom is 0.289 e. The van der Waals surface area contributed by atoms with Gasteiger partial charge in [0.05, 0.1) is 7.11 Å². The third-order valence-corrected chi connectivity index (χ3v) is 5.68. The summed E-state index contributed by atoms with van der Waals surface area (Å²) in [5, 5.41) is 13.3. The second-order valence-corrected chi connectivity index (χ2v) is 7.88. The summed E-state index contributed by atoms with van der Waals surface area (Å²) in [7, 11) is 1.63. The van der Waals surface area contributed by atoms with Crippen LogP contribution in [0.3, 0.4) is 0 Å². The van der Waals surface area contributed by atoms with E-state index in [1.165, 1.54) is 0 Å². The van der Waals surface area contributed by atoms with E-state index < -0.39 is 0 Å². The minimum Gasteiger partial charge on any atom is -0.497 e. The molecule has 4 aromatic rings. The van der Waals surface area contributed by atoms with Gasteiger partial charge in [-0.1, -0.05) is 12.1 Å². The predicted octanol–water partition coefficient (Wildman–Crippen LogP) is 3.12. The quantitative estimate of drug-likeness (QED) is 0.441. The van der Waals surface area contributed by atoms with Crippen LogP contribution < -0.4 is 9.64 Å².